The first-order valence-corrected chi connectivity index (χ1v) is 14.9. The molecule has 3 saturated heterocycles. The lowest BCUT2D eigenvalue weighted by molar-refractivity contribution is -0.128. The number of imide groups is 1. The Balaban J connectivity index is 1.38. The summed E-state index contributed by atoms with van der Waals surface area (Å²) in [5, 5.41) is 11.9. The van der Waals surface area contributed by atoms with Crippen molar-refractivity contribution in [3.8, 4) is 12.1 Å². The van der Waals surface area contributed by atoms with Crippen LogP contribution in [-0.2, 0) is 22.4 Å². The zero-order valence-electron chi connectivity index (χ0n) is 24.7. The third-order valence-corrected chi connectivity index (χ3v) is 9.31. The zero-order valence-corrected chi connectivity index (χ0v) is 24.7. The van der Waals surface area contributed by atoms with E-state index in [1.165, 1.54) is 29.2 Å². The number of hydrogen-bond acceptors (Lipinski definition) is 9. The molecule has 1 aromatic carbocycles. The summed E-state index contributed by atoms with van der Waals surface area (Å²) < 4.78 is 21.2. The van der Waals surface area contributed by atoms with Gasteiger partial charge < -0.3 is 19.4 Å². The molecule has 0 bridgehead atoms. The third kappa shape index (κ3) is 5.13. The number of amides is 4. The van der Waals surface area contributed by atoms with Gasteiger partial charge in [0.2, 0.25) is 5.91 Å². The van der Waals surface area contributed by atoms with Crippen LogP contribution in [0, 0.1) is 17.1 Å². The Hall–Kier alpha value is -4.57. The maximum absolute atomic E-state index is 15.0. The van der Waals surface area contributed by atoms with Crippen LogP contribution in [0.5, 0.6) is 6.01 Å². The highest BCUT2D eigenvalue weighted by atomic mass is 19.1. The predicted octanol–water partition coefficient (Wildman–Crippen LogP) is 2.19. The number of rotatable bonds is 7. The normalized spacial score (nSPS) is 25.2. The summed E-state index contributed by atoms with van der Waals surface area (Å²) in [6.45, 7) is 6.18. The molecule has 1 unspecified atom stereocenters. The zero-order chi connectivity index (χ0) is 31.0. The molecule has 1 aromatic heterocycles. The monoisotopic (exact) mass is 602 g/mol. The van der Waals surface area contributed by atoms with Gasteiger partial charge in [-0.3, -0.25) is 19.8 Å². The first-order chi connectivity index (χ1) is 21.3. The molecular weight excluding hydrogens is 567 g/mol. The second-order valence-corrected chi connectivity index (χ2v) is 11.8. The number of halogens is 1. The molecule has 230 valence electrons. The second kappa shape index (κ2) is 11.8. The number of para-hydroxylation sites is 1. The molecule has 12 nitrogen and oxygen atoms in total. The smallest absolute Gasteiger partial charge is 0.329 e. The Morgan fingerprint density at radius 2 is 2.07 bits per heavy atom. The number of urea groups is 1. The van der Waals surface area contributed by atoms with Gasteiger partial charge in [-0.25, -0.2) is 9.18 Å². The van der Waals surface area contributed by atoms with Crippen molar-refractivity contribution < 1.29 is 23.5 Å². The SMILES string of the molecule is C=CC(=O)N1CCN(c2nc(OC[C@@H]3CCCN3C)nc3c2CCC2(C3)C(=O)NC(=O)N2c2ccccc2F)C[C@@H]1CC#N. The summed E-state index contributed by atoms with van der Waals surface area (Å²) in [5.74, 6) is -0.717. The summed E-state index contributed by atoms with van der Waals surface area (Å²) in [4.78, 5) is 55.8. The van der Waals surface area contributed by atoms with Crippen LogP contribution in [0.3, 0.4) is 0 Å². The molecule has 1 aliphatic carbocycles. The molecule has 3 atom stereocenters. The molecule has 3 fully saturated rings. The largest absolute Gasteiger partial charge is 0.462 e. The maximum atomic E-state index is 15.0. The van der Waals surface area contributed by atoms with Gasteiger partial charge in [-0.2, -0.15) is 15.2 Å². The van der Waals surface area contributed by atoms with Crippen LogP contribution < -0.4 is 19.9 Å². The summed E-state index contributed by atoms with van der Waals surface area (Å²) >= 11 is 0. The predicted molar refractivity (Wildman–Crippen MR) is 158 cm³/mol. The van der Waals surface area contributed by atoms with E-state index in [-0.39, 0.29) is 49.0 Å². The van der Waals surface area contributed by atoms with Gasteiger partial charge in [0.25, 0.3) is 5.91 Å². The minimum absolute atomic E-state index is 0.0247. The van der Waals surface area contributed by atoms with E-state index in [0.717, 1.165) is 24.9 Å². The van der Waals surface area contributed by atoms with Crippen LogP contribution in [-0.4, -0.2) is 95.1 Å². The number of ether oxygens (including phenoxy) is 1. The quantitative estimate of drug-likeness (QED) is 0.374. The number of benzene rings is 1. The highest BCUT2D eigenvalue weighted by Crippen LogP contribution is 2.42. The molecule has 44 heavy (non-hydrogen) atoms. The van der Waals surface area contributed by atoms with Crippen molar-refractivity contribution in [3.05, 3.63) is 54.0 Å². The average Bonchev–Trinajstić information content (AvgIpc) is 3.53. The van der Waals surface area contributed by atoms with E-state index in [9.17, 15) is 24.0 Å². The number of aromatic nitrogens is 2. The second-order valence-electron chi connectivity index (χ2n) is 11.8. The first-order valence-electron chi connectivity index (χ1n) is 14.9. The lowest BCUT2D eigenvalue weighted by Crippen LogP contribution is -2.56. The van der Waals surface area contributed by atoms with Crippen LogP contribution >= 0.6 is 0 Å². The number of nitriles is 1. The number of hydrogen-bond donors (Lipinski definition) is 1. The van der Waals surface area contributed by atoms with E-state index in [1.807, 2.05) is 4.90 Å². The number of fused-ring (bicyclic) bond motifs is 1. The molecule has 4 aliphatic rings. The minimum Gasteiger partial charge on any atom is -0.462 e. The van der Waals surface area contributed by atoms with Crippen molar-refractivity contribution >= 4 is 29.4 Å². The summed E-state index contributed by atoms with van der Waals surface area (Å²) in [6.07, 6.45) is 4.08. The molecule has 1 N–H and O–H groups in total. The summed E-state index contributed by atoms with van der Waals surface area (Å²) in [7, 11) is 2.05. The standard InChI is InChI=1S/C31H35FN8O4/c1-3-26(41)39-16-15-38(18-20(39)11-13-33)27-22-10-12-31(28(42)36-30(43)40(31)25-9-5-4-8-23(25)32)17-24(22)34-29(35-27)44-19-21-7-6-14-37(21)2/h3-5,8-9,20-21H,1,6-7,10-12,14-19H2,2H3,(H,36,42,43)/t20-,21-,31?/m0/s1. The summed E-state index contributed by atoms with van der Waals surface area (Å²) in [5.41, 5.74) is 0.000304. The highest BCUT2D eigenvalue weighted by molar-refractivity contribution is 6.17. The summed E-state index contributed by atoms with van der Waals surface area (Å²) in [6, 6.07) is 7.41. The van der Waals surface area contributed by atoms with E-state index < -0.39 is 23.3 Å². The number of likely N-dealkylation sites (N-methyl/N-ethyl adjacent to an activating group) is 1. The molecular formula is C31H35FN8O4. The van der Waals surface area contributed by atoms with Crippen LogP contribution in [0.4, 0.5) is 20.7 Å². The van der Waals surface area contributed by atoms with Crippen molar-refractivity contribution in [2.75, 3.05) is 49.6 Å². The molecule has 6 rings (SSSR count). The molecule has 13 heteroatoms. The molecule has 0 radical (unpaired) electrons. The van der Waals surface area contributed by atoms with Gasteiger partial charge in [0.05, 0.1) is 29.9 Å². The molecule has 4 heterocycles. The van der Waals surface area contributed by atoms with E-state index >= 15 is 0 Å². The van der Waals surface area contributed by atoms with Gasteiger partial charge in [-0.05, 0) is 57.5 Å². The van der Waals surface area contributed by atoms with Crippen molar-refractivity contribution in [1.29, 1.82) is 5.26 Å². The maximum Gasteiger partial charge on any atom is 0.329 e. The number of nitrogens with one attached hydrogen (secondary N) is 1. The van der Waals surface area contributed by atoms with Gasteiger partial charge in [0, 0.05) is 37.7 Å². The van der Waals surface area contributed by atoms with Gasteiger partial charge in [0.15, 0.2) is 0 Å². The number of nitrogens with zero attached hydrogens (tertiary/aromatic N) is 7. The van der Waals surface area contributed by atoms with Crippen LogP contribution in [0.1, 0.15) is 36.9 Å². The molecule has 0 saturated carbocycles. The first kappa shape index (κ1) is 29.5. The van der Waals surface area contributed by atoms with Gasteiger partial charge in [-0.1, -0.05) is 18.7 Å². The fraction of sp³-hybridized carbons (Fsp3) is 0.484. The number of carbonyl (C=O) groups excluding carboxylic acids is 3. The van der Waals surface area contributed by atoms with Crippen LogP contribution in [0.25, 0.3) is 0 Å². The van der Waals surface area contributed by atoms with E-state index in [4.69, 9.17) is 14.7 Å². The topological polar surface area (TPSA) is 135 Å². The molecule has 1 spiro atoms. The Morgan fingerprint density at radius 3 is 2.80 bits per heavy atom. The molecule has 2 aromatic rings. The lowest BCUT2D eigenvalue weighted by Gasteiger charge is -2.43. The van der Waals surface area contributed by atoms with Gasteiger partial charge >= 0.3 is 12.0 Å². The van der Waals surface area contributed by atoms with Gasteiger partial charge in [-0.15, -0.1) is 0 Å². The Kier molecular flexibility index (Phi) is 7.94. The number of anilines is 2. The Labute approximate surface area is 255 Å². The third-order valence-electron chi connectivity index (χ3n) is 9.31. The number of carbonyl (C=O) groups is 3. The van der Waals surface area contributed by atoms with Crippen molar-refractivity contribution in [2.45, 2.75) is 56.1 Å². The molecule has 4 amide bonds. The highest BCUT2D eigenvalue weighted by Gasteiger charge is 2.56. The number of likely N-dealkylation sites (tertiary alicyclic amines) is 1. The van der Waals surface area contributed by atoms with Crippen LogP contribution in [0.15, 0.2) is 36.9 Å². The van der Waals surface area contributed by atoms with Gasteiger partial charge in [0.1, 0.15) is 23.8 Å². The van der Waals surface area contributed by atoms with Crippen molar-refractivity contribution in [3.63, 3.8) is 0 Å². The molecule has 3 aliphatic heterocycles. The lowest BCUT2D eigenvalue weighted by atomic mass is 9.78. The number of piperazine rings is 1. The van der Waals surface area contributed by atoms with Crippen LogP contribution in [0.2, 0.25) is 0 Å². The Bertz CT molecular complexity index is 1550. The van der Waals surface area contributed by atoms with E-state index in [2.05, 4.69) is 29.9 Å². The van der Waals surface area contributed by atoms with E-state index in [1.54, 1.807) is 11.0 Å². The Morgan fingerprint density at radius 1 is 1.25 bits per heavy atom. The average molecular weight is 603 g/mol. The van der Waals surface area contributed by atoms with Crippen molar-refractivity contribution in [1.82, 2.24) is 25.1 Å². The van der Waals surface area contributed by atoms with Crippen molar-refractivity contribution in [2.24, 2.45) is 0 Å². The van der Waals surface area contributed by atoms with E-state index in [0.29, 0.717) is 44.2 Å². The minimum atomic E-state index is -1.38. The fourth-order valence-electron chi connectivity index (χ4n) is 6.94. The fourth-order valence-corrected chi connectivity index (χ4v) is 6.94.